The molecule has 2 aliphatic rings. The molecule has 0 aromatic heterocycles. The number of ether oxygens (including phenoxy) is 1. The molecule has 0 atom stereocenters. The number of halogens is 1. The molecule has 23 heavy (non-hydrogen) atoms. The SMILES string of the molecule is COc1cc(Cl)ccc1N1CCC(CN2CCN(C)CC2)CC1. The Hall–Kier alpha value is -0.970. The molecular weight excluding hydrogens is 310 g/mol. The predicted molar refractivity (Wildman–Crippen MR) is 96.9 cm³/mol. The highest BCUT2D eigenvalue weighted by Gasteiger charge is 2.24. The van der Waals surface area contributed by atoms with E-state index >= 15 is 0 Å². The lowest BCUT2D eigenvalue weighted by Gasteiger charge is -2.38. The van der Waals surface area contributed by atoms with Gasteiger partial charge in [0.15, 0.2) is 0 Å². The van der Waals surface area contributed by atoms with Crippen LogP contribution in [0.25, 0.3) is 0 Å². The summed E-state index contributed by atoms with van der Waals surface area (Å²) in [5, 5.41) is 0.732. The Morgan fingerprint density at radius 3 is 2.43 bits per heavy atom. The number of piperidine rings is 1. The highest BCUT2D eigenvalue weighted by atomic mass is 35.5. The minimum Gasteiger partial charge on any atom is -0.495 e. The topological polar surface area (TPSA) is 19.0 Å². The molecule has 0 radical (unpaired) electrons. The van der Waals surface area contributed by atoms with Crippen molar-refractivity contribution < 1.29 is 4.74 Å². The Labute approximate surface area is 144 Å². The molecule has 128 valence electrons. The number of hydrogen-bond acceptors (Lipinski definition) is 4. The summed E-state index contributed by atoms with van der Waals surface area (Å²) in [6.45, 7) is 8.34. The highest BCUT2D eigenvalue weighted by Crippen LogP contribution is 2.33. The second kappa shape index (κ2) is 7.73. The Morgan fingerprint density at radius 2 is 1.78 bits per heavy atom. The van der Waals surface area contributed by atoms with Crippen LogP contribution in [0.15, 0.2) is 18.2 Å². The standard InChI is InChI=1S/C18H28ClN3O/c1-20-9-11-21(12-10-20)14-15-5-7-22(8-6-15)17-4-3-16(19)13-18(17)23-2/h3-4,13,15H,5-12,14H2,1-2H3. The fourth-order valence-electron chi connectivity index (χ4n) is 3.66. The van der Waals surface area contributed by atoms with Gasteiger partial charge in [0.2, 0.25) is 0 Å². The molecule has 0 unspecified atom stereocenters. The van der Waals surface area contributed by atoms with Crippen LogP contribution < -0.4 is 9.64 Å². The van der Waals surface area contributed by atoms with E-state index in [1.807, 2.05) is 12.1 Å². The molecule has 5 heteroatoms. The van der Waals surface area contributed by atoms with E-state index in [9.17, 15) is 0 Å². The zero-order valence-electron chi connectivity index (χ0n) is 14.3. The van der Waals surface area contributed by atoms with Crippen LogP contribution in [0.2, 0.25) is 5.02 Å². The minimum absolute atomic E-state index is 0.732. The van der Waals surface area contributed by atoms with Crippen LogP contribution in [0.5, 0.6) is 5.75 Å². The van der Waals surface area contributed by atoms with Crippen LogP contribution in [0.3, 0.4) is 0 Å². The molecule has 2 heterocycles. The predicted octanol–water partition coefficient (Wildman–Crippen LogP) is 2.81. The lowest BCUT2D eigenvalue weighted by Crippen LogP contribution is -2.47. The molecule has 0 N–H and O–H groups in total. The number of likely N-dealkylation sites (N-methyl/N-ethyl adjacent to an activating group) is 1. The third-order valence-electron chi connectivity index (χ3n) is 5.21. The minimum atomic E-state index is 0.732. The Morgan fingerprint density at radius 1 is 1.09 bits per heavy atom. The molecule has 2 saturated heterocycles. The fourth-order valence-corrected chi connectivity index (χ4v) is 3.83. The summed E-state index contributed by atoms with van der Waals surface area (Å²) in [5.41, 5.74) is 1.18. The number of hydrogen-bond donors (Lipinski definition) is 0. The Kier molecular flexibility index (Phi) is 5.67. The van der Waals surface area contributed by atoms with Crippen molar-refractivity contribution in [2.45, 2.75) is 12.8 Å². The maximum Gasteiger partial charge on any atom is 0.143 e. The van der Waals surface area contributed by atoms with Gasteiger partial charge in [-0.25, -0.2) is 0 Å². The van der Waals surface area contributed by atoms with E-state index in [1.165, 1.54) is 51.3 Å². The second-order valence-corrected chi connectivity index (χ2v) is 7.29. The molecule has 3 rings (SSSR count). The molecule has 0 spiro atoms. The van der Waals surface area contributed by atoms with E-state index in [-0.39, 0.29) is 0 Å². The first-order valence-electron chi connectivity index (χ1n) is 8.65. The average molecular weight is 338 g/mol. The monoisotopic (exact) mass is 337 g/mol. The smallest absolute Gasteiger partial charge is 0.143 e. The van der Waals surface area contributed by atoms with Crippen LogP contribution in [0, 0.1) is 5.92 Å². The Bertz CT molecular complexity index is 509. The van der Waals surface area contributed by atoms with E-state index in [0.717, 1.165) is 29.8 Å². The fraction of sp³-hybridized carbons (Fsp3) is 0.667. The van der Waals surface area contributed by atoms with Crippen molar-refractivity contribution in [3.63, 3.8) is 0 Å². The van der Waals surface area contributed by atoms with Gasteiger partial charge in [0.05, 0.1) is 12.8 Å². The first-order chi connectivity index (χ1) is 11.2. The van der Waals surface area contributed by atoms with Gasteiger partial charge in [-0.15, -0.1) is 0 Å². The summed E-state index contributed by atoms with van der Waals surface area (Å²) in [6, 6.07) is 5.95. The molecule has 0 aliphatic carbocycles. The summed E-state index contributed by atoms with van der Waals surface area (Å²) < 4.78 is 5.50. The molecular formula is C18H28ClN3O. The van der Waals surface area contributed by atoms with Crippen molar-refractivity contribution in [3.8, 4) is 5.75 Å². The van der Waals surface area contributed by atoms with Crippen molar-refractivity contribution in [2.75, 3.05) is 64.9 Å². The van der Waals surface area contributed by atoms with Crippen LogP contribution in [0.1, 0.15) is 12.8 Å². The number of benzene rings is 1. The maximum absolute atomic E-state index is 6.07. The summed E-state index contributed by atoms with van der Waals surface area (Å²) in [4.78, 5) is 7.50. The molecule has 0 bridgehead atoms. The third kappa shape index (κ3) is 4.31. The molecule has 0 saturated carbocycles. The van der Waals surface area contributed by atoms with Crippen LogP contribution in [-0.2, 0) is 0 Å². The van der Waals surface area contributed by atoms with E-state index in [2.05, 4.69) is 27.8 Å². The van der Waals surface area contributed by atoms with Gasteiger partial charge >= 0.3 is 0 Å². The maximum atomic E-state index is 6.07. The lowest BCUT2D eigenvalue weighted by atomic mass is 9.95. The number of piperazine rings is 1. The van der Waals surface area contributed by atoms with Gasteiger partial charge in [0.1, 0.15) is 5.75 Å². The van der Waals surface area contributed by atoms with Gasteiger partial charge in [-0.3, -0.25) is 0 Å². The summed E-state index contributed by atoms with van der Waals surface area (Å²) in [5.74, 6) is 1.71. The molecule has 4 nitrogen and oxygen atoms in total. The highest BCUT2D eigenvalue weighted by molar-refractivity contribution is 6.30. The number of rotatable bonds is 4. The normalized spacial score (nSPS) is 21.6. The third-order valence-corrected chi connectivity index (χ3v) is 5.44. The summed E-state index contributed by atoms with van der Waals surface area (Å²) in [7, 11) is 3.94. The van der Waals surface area contributed by atoms with Gasteiger partial charge in [0.25, 0.3) is 0 Å². The van der Waals surface area contributed by atoms with Crippen molar-refractivity contribution in [1.82, 2.24) is 9.80 Å². The molecule has 2 aliphatic heterocycles. The van der Waals surface area contributed by atoms with Crippen molar-refractivity contribution >= 4 is 17.3 Å². The second-order valence-electron chi connectivity index (χ2n) is 6.85. The van der Waals surface area contributed by atoms with Gasteiger partial charge in [-0.2, -0.15) is 0 Å². The first kappa shape index (κ1) is 16.9. The van der Waals surface area contributed by atoms with Gasteiger partial charge in [-0.05, 0) is 37.9 Å². The van der Waals surface area contributed by atoms with Crippen LogP contribution in [-0.4, -0.2) is 69.8 Å². The van der Waals surface area contributed by atoms with Crippen LogP contribution in [0.4, 0.5) is 5.69 Å². The van der Waals surface area contributed by atoms with Gasteiger partial charge in [0, 0.05) is 56.9 Å². The summed E-state index contributed by atoms with van der Waals surface area (Å²) >= 11 is 6.07. The van der Waals surface area contributed by atoms with Gasteiger partial charge in [-0.1, -0.05) is 11.6 Å². The van der Waals surface area contributed by atoms with Crippen LogP contribution >= 0.6 is 11.6 Å². The number of methoxy groups -OCH3 is 1. The molecule has 1 aromatic rings. The largest absolute Gasteiger partial charge is 0.495 e. The number of nitrogens with zero attached hydrogens (tertiary/aromatic N) is 3. The van der Waals surface area contributed by atoms with Crippen molar-refractivity contribution in [2.24, 2.45) is 5.92 Å². The molecule has 1 aromatic carbocycles. The van der Waals surface area contributed by atoms with E-state index < -0.39 is 0 Å². The lowest BCUT2D eigenvalue weighted by molar-refractivity contribution is 0.129. The zero-order valence-corrected chi connectivity index (χ0v) is 15.1. The Balaban J connectivity index is 1.52. The van der Waals surface area contributed by atoms with Crippen molar-refractivity contribution in [1.29, 1.82) is 0 Å². The molecule has 2 fully saturated rings. The van der Waals surface area contributed by atoms with E-state index in [1.54, 1.807) is 7.11 Å². The average Bonchev–Trinajstić information content (AvgIpc) is 2.58. The molecule has 0 amide bonds. The summed E-state index contributed by atoms with van der Waals surface area (Å²) in [6.07, 6.45) is 2.52. The quantitative estimate of drug-likeness (QED) is 0.841. The van der Waals surface area contributed by atoms with E-state index in [4.69, 9.17) is 16.3 Å². The number of anilines is 1. The zero-order chi connectivity index (χ0) is 16.2. The van der Waals surface area contributed by atoms with Crippen molar-refractivity contribution in [3.05, 3.63) is 23.2 Å². The first-order valence-corrected chi connectivity index (χ1v) is 9.03. The van der Waals surface area contributed by atoms with E-state index in [0.29, 0.717) is 0 Å². The van der Waals surface area contributed by atoms with Gasteiger partial charge < -0.3 is 19.4 Å².